The summed E-state index contributed by atoms with van der Waals surface area (Å²) >= 11 is -5.19. The van der Waals surface area contributed by atoms with Crippen LogP contribution in [0.15, 0.2) is 61.1 Å². The fourth-order valence-corrected chi connectivity index (χ4v) is 4.80. The van der Waals surface area contributed by atoms with E-state index < -0.39 is 14.2 Å². The first-order chi connectivity index (χ1) is 15.7. The number of aromatic nitrogens is 2. The summed E-state index contributed by atoms with van der Waals surface area (Å²) in [4.78, 5) is 19.1. The summed E-state index contributed by atoms with van der Waals surface area (Å²) in [6, 6.07) is 13.4. The number of hydrogen-bond donors (Lipinski definition) is 3. The first-order valence-corrected chi connectivity index (χ1v) is 13.6. The van der Waals surface area contributed by atoms with Gasteiger partial charge in [0.15, 0.2) is 0 Å². The van der Waals surface area contributed by atoms with E-state index in [0.29, 0.717) is 35.1 Å². The number of carbonyl (C=O) groups excluding carboxylic acids is 1. The molecule has 3 rings (SSSR count). The number of anilines is 1. The van der Waals surface area contributed by atoms with Crippen LogP contribution in [0.25, 0.3) is 11.1 Å². The second-order valence-corrected chi connectivity index (χ2v) is 10.8. The van der Waals surface area contributed by atoms with Crippen molar-refractivity contribution in [2.45, 2.75) is 33.6 Å². The number of rotatable bonds is 7. The molecule has 0 fully saturated rings. The second kappa shape index (κ2) is 12.3. The molecule has 1 amide bonds. The number of para-hydroxylation sites is 1. The predicted octanol–water partition coefficient (Wildman–Crippen LogP) is 3.37. The van der Waals surface area contributed by atoms with Gasteiger partial charge in [0.1, 0.15) is 6.33 Å². The molecule has 2 aromatic carbocycles. The number of amides is 1. The first kappa shape index (κ1) is 26.3. The van der Waals surface area contributed by atoms with Crippen LogP contribution in [0.5, 0.6) is 5.75 Å². The van der Waals surface area contributed by atoms with Crippen LogP contribution in [0.4, 0.5) is 5.69 Å². The Kier molecular flexibility index (Phi) is 9.81. The van der Waals surface area contributed by atoms with E-state index in [-0.39, 0.29) is 10.3 Å². The third-order valence-corrected chi connectivity index (χ3v) is 6.92. The molecule has 0 bridgehead atoms. The molecule has 0 spiro atoms. The van der Waals surface area contributed by atoms with Gasteiger partial charge in [-0.25, -0.2) is 9.97 Å². The zero-order valence-electron chi connectivity index (χ0n) is 18.9. The van der Waals surface area contributed by atoms with E-state index in [0.717, 1.165) is 5.69 Å². The molecule has 1 aromatic heterocycles. The molecule has 1 atom stereocenters. The molecule has 3 N–H and O–H groups in total. The van der Waals surface area contributed by atoms with Gasteiger partial charge in [-0.1, -0.05) is 13.8 Å². The van der Waals surface area contributed by atoms with Crippen LogP contribution in [-0.2, 0) is 12.4 Å². The zero-order chi connectivity index (χ0) is 24.4. The SMILES string of the molecule is CC(C)c1ccncn1.CCOc1ccccc1-c1ccc(NC(C)=O)cc1[As](=O)(O)OO. The molecule has 1 heterocycles. The molecule has 10 heteroatoms. The molecule has 0 saturated heterocycles. The van der Waals surface area contributed by atoms with Gasteiger partial charge in [0.2, 0.25) is 0 Å². The van der Waals surface area contributed by atoms with Gasteiger partial charge in [-0.05, 0) is 12.0 Å². The Morgan fingerprint density at radius 1 is 1.15 bits per heavy atom. The molecule has 3 aromatic rings. The van der Waals surface area contributed by atoms with Crippen LogP contribution in [-0.4, -0.2) is 46.0 Å². The standard InChI is InChI=1S/C16H18AsNO6.C7H10N2/c1-3-23-16-7-5-4-6-14(16)13-9-8-12(18-11(2)19)10-15(13)17(20,21)24-22;1-6(2)7-3-4-8-5-9-7/h4-10,22H,3H2,1-2H3,(H,18,19)(H,20,21);3-6H,1-2H3. The Hall–Kier alpha value is -2.97. The van der Waals surface area contributed by atoms with Crippen LogP contribution in [0.3, 0.4) is 0 Å². The number of nitrogens with one attached hydrogen (secondary N) is 1. The molecule has 0 aliphatic carbocycles. The van der Waals surface area contributed by atoms with Crippen LogP contribution >= 0.6 is 0 Å². The summed E-state index contributed by atoms with van der Waals surface area (Å²) in [7, 11) is 0. The average molecular weight is 517 g/mol. The van der Waals surface area contributed by atoms with Crippen LogP contribution in [0.2, 0.25) is 0 Å². The van der Waals surface area contributed by atoms with E-state index in [1.807, 2.05) is 13.0 Å². The van der Waals surface area contributed by atoms with Gasteiger partial charge in [0.25, 0.3) is 0 Å². The predicted molar refractivity (Wildman–Crippen MR) is 125 cm³/mol. The second-order valence-electron chi connectivity index (χ2n) is 7.23. The van der Waals surface area contributed by atoms with Gasteiger partial charge in [0, 0.05) is 11.9 Å². The Labute approximate surface area is 195 Å². The van der Waals surface area contributed by atoms with Crippen molar-refractivity contribution in [3.8, 4) is 16.9 Å². The Bertz CT molecular complexity index is 1110. The molecule has 0 saturated carbocycles. The first-order valence-electron chi connectivity index (χ1n) is 10.3. The summed E-state index contributed by atoms with van der Waals surface area (Å²) in [6.07, 6.45) is 3.34. The molecular weight excluding hydrogens is 489 g/mol. The molecule has 0 aliphatic heterocycles. The van der Waals surface area contributed by atoms with Crippen LogP contribution < -0.4 is 14.4 Å². The van der Waals surface area contributed by atoms with Gasteiger partial charge >= 0.3 is 142 Å². The normalized spacial score (nSPS) is 12.3. The van der Waals surface area contributed by atoms with E-state index in [9.17, 15) is 12.6 Å². The molecule has 176 valence electrons. The van der Waals surface area contributed by atoms with Crippen molar-refractivity contribution < 1.29 is 26.5 Å². The third kappa shape index (κ3) is 7.54. The van der Waals surface area contributed by atoms with Gasteiger partial charge in [-0.15, -0.1) is 0 Å². The Morgan fingerprint density at radius 3 is 2.42 bits per heavy atom. The van der Waals surface area contributed by atoms with Crippen LogP contribution in [0.1, 0.15) is 39.3 Å². The van der Waals surface area contributed by atoms with Crippen molar-refractivity contribution in [3.63, 3.8) is 0 Å². The van der Waals surface area contributed by atoms with E-state index in [1.54, 1.807) is 48.9 Å². The van der Waals surface area contributed by atoms with Gasteiger partial charge in [0.05, 0.1) is 0 Å². The quantitative estimate of drug-likeness (QED) is 0.247. The van der Waals surface area contributed by atoms with E-state index in [2.05, 4.69) is 33.0 Å². The van der Waals surface area contributed by atoms with E-state index in [4.69, 9.17) is 9.99 Å². The number of ether oxygens (including phenoxy) is 1. The zero-order valence-corrected chi connectivity index (χ0v) is 20.8. The number of hydrogen-bond acceptors (Lipinski definition) is 7. The monoisotopic (exact) mass is 517 g/mol. The summed E-state index contributed by atoms with van der Waals surface area (Å²) in [5.41, 5.74) is 2.39. The van der Waals surface area contributed by atoms with Crippen molar-refractivity contribution >= 4 is 30.1 Å². The Balaban J connectivity index is 0.000000357. The Morgan fingerprint density at radius 2 is 1.88 bits per heavy atom. The number of nitrogens with zero attached hydrogens (tertiary/aromatic N) is 2. The molecule has 9 nitrogen and oxygen atoms in total. The van der Waals surface area contributed by atoms with Gasteiger partial charge in [-0.3, -0.25) is 0 Å². The molecule has 1 unspecified atom stereocenters. The minimum atomic E-state index is -5.19. The molecule has 0 aliphatic rings. The van der Waals surface area contributed by atoms with Crippen molar-refractivity contribution in [1.82, 2.24) is 9.97 Å². The fraction of sp³-hybridized carbons (Fsp3) is 0.261. The molecule has 0 radical (unpaired) electrons. The third-order valence-electron chi connectivity index (χ3n) is 4.41. The molecule has 33 heavy (non-hydrogen) atoms. The van der Waals surface area contributed by atoms with Crippen molar-refractivity contribution in [3.05, 3.63) is 66.7 Å². The van der Waals surface area contributed by atoms with Crippen molar-refractivity contribution in [2.75, 3.05) is 11.9 Å². The maximum atomic E-state index is 12.3. The van der Waals surface area contributed by atoms with Gasteiger partial charge in [-0.2, -0.15) is 0 Å². The maximum absolute atomic E-state index is 12.3. The number of carbonyl (C=O) groups is 1. The summed E-state index contributed by atoms with van der Waals surface area (Å²) in [5.74, 6) is 0.711. The van der Waals surface area contributed by atoms with Crippen molar-refractivity contribution in [2.24, 2.45) is 0 Å². The summed E-state index contributed by atoms with van der Waals surface area (Å²) in [5, 5.41) is 11.4. The minimum absolute atomic E-state index is 0.0889. The summed E-state index contributed by atoms with van der Waals surface area (Å²) in [6.45, 7) is 7.80. The van der Waals surface area contributed by atoms with Crippen molar-refractivity contribution in [1.29, 1.82) is 0 Å². The van der Waals surface area contributed by atoms with Gasteiger partial charge < -0.3 is 0 Å². The van der Waals surface area contributed by atoms with Crippen LogP contribution in [0, 0.1) is 0 Å². The number of benzene rings is 2. The van der Waals surface area contributed by atoms with E-state index in [1.165, 1.54) is 13.0 Å². The topological polar surface area (TPSA) is 131 Å². The summed E-state index contributed by atoms with van der Waals surface area (Å²) < 4.78 is 31.6. The fourth-order valence-electron chi connectivity index (χ4n) is 2.93. The average Bonchev–Trinajstić information content (AvgIpc) is 2.80. The molecular formula is C23H28AsN3O6. The van der Waals surface area contributed by atoms with E-state index >= 15 is 0 Å².